The first-order valence-electron chi connectivity index (χ1n) is 9.95. The van der Waals surface area contributed by atoms with Crippen LogP contribution in [0.15, 0.2) is 23.2 Å². The average Bonchev–Trinajstić information content (AvgIpc) is 2.67. The molecule has 0 amide bonds. The van der Waals surface area contributed by atoms with Crippen molar-refractivity contribution in [3.63, 3.8) is 0 Å². The summed E-state index contributed by atoms with van der Waals surface area (Å²) >= 11 is 1.78. The van der Waals surface area contributed by atoms with Crippen molar-refractivity contribution in [2.75, 3.05) is 33.1 Å². The Balaban J connectivity index is 2.07. The molecular formula is C21H32F3N3O2S. The van der Waals surface area contributed by atoms with E-state index in [9.17, 15) is 13.2 Å². The SMILES string of the molecule is CN=C(NCc1ccc(OC(C)(C)C)cc1C(F)(F)F)NCC1(SC)CCOCC1. The second-order valence-corrected chi connectivity index (χ2v) is 9.58. The monoisotopic (exact) mass is 447 g/mol. The molecule has 0 aliphatic carbocycles. The highest BCUT2D eigenvalue weighted by molar-refractivity contribution is 8.00. The van der Waals surface area contributed by atoms with Gasteiger partial charge in [0.25, 0.3) is 0 Å². The molecule has 170 valence electrons. The molecule has 2 rings (SSSR count). The standard InChI is InChI=1S/C21H32F3N3O2S/c1-19(2,3)29-16-7-6-15(17(12-16)21(22,23)24)13-26-18(25-4)27-14-20(30-5)8-10-28-11-9-20/h6-7,12H,8-11,13-14H2,1-5H3,(H2,25,26,27). The number of nitrogens with one attached hydrogen (secondary N) is 2. The summed E-state index contributed by atoms with van der Waals surface area (Å²) in [4.78, 5) is 4.16. The van der Waals surface area contributed by atoms with Crippen LogP contribution in [0, 0.1) is 0 Å². The molecule has 30 heavy (non-hydrogen) atoms. The van der Waals surface area contributed by atoms with Gasteiger partial charge in [0.1, 0.15) is 11.4 Å². The quantitative estimate of drug-likeness (QED) is 0.498. The Morgan fingerprint density at radius 1 is 1.20 bits per heavy atom. The van der Waals surface area contributed by atoms with Crippen LogP contribution in [0.2, 0.25) is 0 Å². The van der Waals surface area contributed by atoms with E-state index in [1.807, 2.05) is 0 Å². The Morgan fingerprint density at radius 2 is 1.87 bits per heavy atom. The number of guanidine groups is 1. The third kappa shape index (κ3) is 7.27. The van der Waals surface area contributed by atoms with Gasteiger partial charge in [0.05, 0.1) is 5.56 Å². The fourth-order valence-corrected chi connectivity index (χ4v) is 4.02. The lowest BCUT2D eigenvalue weighted by molar-refractivity contribution is -0.138. The molecule has 9 heteroatoms. The molecule has 0 saturated carbocycles. The van der Waals surface area contributed by atoms with E-state index in [2.05, 4.69) is 21.9 Å². The second kappa shape index (κ2) is 10.1. The minimum Gasteiger partial charge on any atom is -0.488 e. The maximum absolute atomic E-state index is 13.6. The first-order valence-corrected chi connectivity index (χ1v) is 11.2. The molecular weight excluding hydrogens is 415 g/mol. The number of rotatable bonds is 6. The number of nitrogens with zero attached hydrogens (tertiary/aromatic N) is 1. The van der Waals surface area contributed by atoms with Crippen molar-refractivity contribution in [2.45, 2.75) is 56.7 Å². The topological polar surface area (TPSA) is 54.9 Å². The van der Waals surface area contributed by atoms with Gasteiger partial charge in [-0.25, -0.2) is 0 Å². The van der Waals surface area contributed by atoms with E-state index < -0.39 is 17.3 Å². The van der Waals surface area contributed by atoms with Crippen LogP contribution in [0.3, 0.4) is 0 Å². The predicted octanol–water partition coefficient (Wildman–Crippen LogP) is 4.46. The molecule has 0 unspecified atom stereocenters. The molecule has 5 nitrogen and oxygen atoms in total. The zero-order valence-electron chi connectivity index (χ0n) is 18.3. The van der Waals surface area contributed by atoms with E-state index in [0.29, 0.717) is 25.7 Å². The van der Waals surface area contributed by atoms with Gasteiger partial charge in [0.2, 0.25) is 0 Å². The first kappa shape index (κ1) is 24.7. The molecule has 0 aromatic heterocycles. The molecule has 1 fully saturated rings. The number of hydrogen-bond acceptors (Lipinski definition) is 4. The first-order chi connectivity index (χ1) is 14.0. The molecule has 1 aromatic rings. The van der Waals surface area contributed by atoms with Gasteiger partial charge in [-0.2, -0.15) is 24.9 Å². The fraction of sp³-hybridized carbons (Fsp3) is 0.667. The minimum atomic E-state index is -4.48. The Bertz CT molecular complexity index is 727. The Labute approximate surface area is 181 Å². The van der Waals surface area contributed by atoms with Crippen LogP contribution in [-0.2, 0) is 17.5 Å². The molecule has 0 radical (unpaired) electrons. The maximum Gasteiger partial charge on any atom is 0.416 e. The normalized spacial score (nSPS) is 17.5. The lowest BCUT2D eigenvalue weighted by Gasteiger charge is -2.36. The number of benzene rings is 1. The molecule has 1 saturated heterocycles. The molecule has 1 aliphatic rings. The predicted molar refractivity (Wildman–Crippen MR) is 116 cm³/mol. The van der Waals surface area contributed by atoms with E-state index in [4.69, 9.17) is 9.47 Å². The largest absolute Gasteiger partial charge is 0.488 e. The van der Waals surface area contributed by atoms with Crippen LogP contribution in [0.25, 0.3) is 0 Å². The summed E-state index contributed by atoms with van der Waals surface area (Å²) in [7, 11) is 1.61. The zero-order valence-corrected chi connectivity index (χ0v) is 19.1. The lowest BCUT2D eigenvalue weighted by atomic mass is 9.99. The molecule has 2 N–H and O–H groups in total. The Kier molecular flexibility index (Phi) is 8.33. The number of aliphatic imine (C=N–C) groups is 1. The van der Waals surface area contributed by atoms with Crippen molar-refractivity contribution in [3.8, 4) is 5.75 Å². The van der Waals surface area contributed by atoms with E-state index in [1.54, 1.807) is 45.6 Å². The van der Waals surface area contributed by atoms with Gasteiger partial charge in [-0.15, -0.1) is 0 Å². The maximum atomic E-state index is 13.6. The number of thioether (sulfide) groups is 1. The fourth-order valence-electron chi connectivity index (χ4n) is 3.23. The summed E-state index contributed by atoms with van der Waals surface area (Å²) in [5.74, 6) is 0.667. The number of halogens is 3. The number of hydrogen-bond donors (Lipinski definition) is 2. The van der Waals surface area contributed by atoms with E-state index in [1.165, 1.54) is 6.07 Å². The summed E-state index contributed by atoms with van der Waals surface area (Å²) in [5, 5.41) is 6.26. The van der Waals surface area contributed by atoms with Gasteiger partial charge in [-0.05, 0) is 57.6 Å². The molecule has 0 spiro atoms. The van der Waals surface area contributed by atoms with Crippen molar-refractivity contribution < 1.29 is 22.6 Å². The van der Waals surface area contributed by atoms with E-state index in [-0.39, 0.29) is 22.6 Å². The number of alkyl halides is 3. The van der Waals surface area contributed by atoms with Crippen LogP contribution < -0.4 is 15.4 Å². The Hall–Kier alpha value is -1.61. The van der Waals surface area contributed by atoms with Gasteiger partial charge in [-0.3, -0.25) is 4.99 Å². The molecule has 1 aliphatic heterocycles. The average molecular weight is 448 g/mol. The minimum absolute atomic E-state index is 0.000304. The van der Waals surface area contributed by atoms with Gasteiger partial charge < -0.3 is 20.1 Å². The summed E-state index contributed by atoms with van der Waals surface area (Å²) in [5.41, 5.74) is -1.15. The summed E-state index contributed by atoms with van der Waals surface area (Å²) in [6, 6.07) is 4.08. The van der Waals surface area contributed by atoms with Crippen LogP contribution >= 0.6 is 11.8 Å². The van der Waals surface area contributed by atoms with Crippen LogP contribution in [0.1, 0.15) is 44.7 Å². The Morgan fingerprint density at radius 3 is 2.40 bits per heavy atom. The van der Waals surface area contributed by atoms with Crippen LogP contribution in [-0.4, -0.2) is 49.4 Å². The third-order valence-corrected chi connectivity index (χ3v) is 6.31. The van der Waals surface area contributed by atoms with Crippen molar-refractivity contribution in [2.24, 2.45) is 4.99 Å². The molecule has 1 aromatic carbocycles. The van der Waals surface area contributed by atoms with E-state index >= 15 is 0 Å². The van der Waals surface area contributed by atoms with Gasteiger partial charge in [-0.1, -0.05) is 6.07 Å². The van der Waals surface area contributed by atoms with Crippen LogP contribution in [0.5, 0.6) is 5.75 Å². The molecule has 0 bridgehead atoms. The third-order valence-electron chi connectivity index (χ3n) is 4.90. The number of ether oxygens (including phenoxy) is 2. The smallest absolute Gasteiger partial charge is 0.416 e. The van der Waals surface area contributed by atoms with Crippen LogP contribution in [0.4, 0.5) is 13.2 Å². The zero-order chi connectivity index (χ0) is 22.4. The summed E-state index contributed by atoms with van der Waals surface area (Å²) in [6.07, 6.45) is -0.562. The van der Waals surface area contributed by atoms with Crippen molar-refractivity contribution in [3.05, 3.63) is 29.3 Å². The molecule has 0 atom stereocenters. The van der Waals surface area contributed by atoms with Gasteiger partial charge in [0.15, 0.2) is 5.96 Å². The highest BCUT2D eigenvalue weighted by Gasteiger charge is 2.34. The summed E-state index contributed by atoms with van der Waals surface area (Å²) < 4.78 is 51.9. The highest BCUT2D eigenvalue weighted by atomic mass is 32.2. The van der Waals surface area contributed by atoms with Gasteiger partial charge in [0, 0.05) is 38.1 Å². The highest BCUT2D eigenvalue weighted by Crippen LogP contribution is 2.35. The van der Waals surface area contributed by atoms with Crippen molar-refractivity contribution >= 4 is 17.7 Å². The lowest BCUT2D eigenvalue weighted by Crippen LogP contribution is -2.47. The summed E-state index contributed by atoms with van der Waals surface area (Å²) in [6.45, 7) is 7.49. The molecule has 1 heterocycles. The van der Waals surface area contributed by atoms with Crippen molar-refractivity contribution in [1.82, 2.24) is 10.6 Å². The van der Waals surface area contributed by atoms with E-state index in [0.717, 1.165) is 18.9 Å². The van der Waals surface area contributed by atoms with Crippen molar-refractivity contribution in [1.29, 1.82) is 0 Å². The van der Waals surface area contributed by atoms with Gasteiger partial charge >= 0.3 is 6.18 Å². The second-order valence-electron chi connectivity index (χ2n) is 8.31.